The Labute approximate surface area is 160 Å². The Morgan fingerprint density at radius 1 is 1.07 bits per heavy atom. The summed E-state index contributed by atoms with van der Waals surface area (Å²) in [4.78, 5) is 11.3. The maximum Gasteiger partial charge on any atom is 0.159 e. The van der Waals surface area contributed by atoms with E-state index in [1.165, 1.54) is 31.4 Å². The molecule has 0 amide bonds. The van der Waals surface area contributed by atoms with Gasteiger partial charge < -0.3 is 10.3 Å². The monoisotopic (exact) mass is 409 g/mol. The highest BCUT2D eigenvalue weighted by atomic mass is 32.2. The molecule has 0 fully saturated rings. The summed E-state index contributed by atoms with van der Waals surface area (Å²) < 4.78 is 60.6. The van der Waals surface area contributed by atoms with Crippen LogP contribution in [0.5, 0.6) is 0 Å². The first-order valence-corrected chi connectivity index (χ1v) is 10.2. The molecule has 0 aliphatic carbocycles. The lowest BCUT2D eigenvalue weighted by Crippen LogP contribution is -2.16. The number of aromatic nitrogens is 3. The predicted octanol–water partition coefficient (Wildman–Crippen LogP) is 4.08. The van der Waals surface area contributed by atoms with E-state index in [9.17, 15) is 17.4 Å². The molecule has 0 spiro atoms. The molecule has 148 valence electrons. The molecule has 0 bridgehead atoms. The quantitative estimate of drug-likeness (QED) is 0.592. The number of pyridine rings is 1. The Morgan fingerprint density at radius 2 is 1.75 bits per heavy atom. The number of imidazole rings is 1. The van der Waals surface area contributed by atoms with E-state index in [2.05, 4.69) is 20.3 Å². The van der Waals surface area contributed by atoms with Gasteiger partial charge in [0.25, 0.3) is 0 Å². The minimum atomic E-state index is -3.10. The van der Waals surface area contributed by atoms with Crippen LogP contribution in [-0.2, 0) is 9.73 Å². The zero-order chi connectivity index (χ0) is 20.6. The minimum absolute atomic E-state index is 0.0696. The topological polar surface area (TPSA) is 94.5 Å². The van der Waals surface area contributed by atoms with E-state index >= 15 is 0 Å². The van der Waals surface area contributed by atoms with Gasteiger partial charge in [0.05, 0.1) is 15.4 Å². The number of aromatic amines is 1. The Hall–Kier alpha value is -2.88. The van der Waals surface area contributed by atoms with Crippen molar-refractivity contribution in [2.75, 3.05) is 11.6 Å². The number of hydrogen-bond acceptors (Lipinski definition) is 5. The normalized spacial score (nSPS) is 14.5. The molecule has 2 atom stereocenters. The summed E-state index contributed by atoms with van der Waals surface area (Å²) in [5.74, 6) is -2.00. The van der Waals surface area contributed by atoms with Crippen molar-refractivity contribution in [1.82, 2.24) is 15.0 Å². The van der Waals surface area contributed by atoms with Crippen molar-refractivity contribution in [2.24, 2.45) is 0 Å². The van der Waals surface area contributed by atoms with Crippen molar-refractivity contribution in [3.63, 3.8) is 0 Å². The number of aryl methyl sites for hydroxylation is 2. The maximum atomic E-state index is 13.8. The lowest BCUT2D eigenvalue weighted by atomic mass is 10.1. The minimum Gasteiger partial charge on any atom is -0.356 e. The van der Waals surface area contributed by atoms with Gasteiger partial charge in [0.15, 0.2) is 16.7 Å². The second-order valence-corrected chi connectivity index (χ2v) is 8.48. The van der Waals surface area contributed by atoms with Crippen LogP contribution in [0.15, 0.2) is 35.4 Å². The van der Waals surface area contributed by atoms with Gasteiger partial charge in [0, 0.05) is 11.9 Å². The highest BCUT2D eigenvalue weighted by Gasteiger charge is 2.23. The van der Waals surface area contributed by atoms with Gasteiger partial charge in [-0.15, -0.1) is 0 Å². The summed E-state index contributed by atoms with van der Waals surface area (Å²) in [5.41, 5.74) is 0.902. The second-order valence-electron chi connectivity index (χ2n) is 6.41. The van der Waals surface area contributed by atoms with Gasteiger partial charge in [-0.3, -0.25) is 0 Å². The molecule has 0 radical (unpaired) electrons. The third-order valence-corrected chi connectivity index (χ3v) is 5.23. The molecule has 2 aromatic heterocycles. The van der Waals surface area contributed by atoms with Gasteiger partial charge >= 0.3 is 0 Å². The third-order valence-electron chi connectivity index (χ3n) is 4.09. The first kappa shape index (κ1) is 19.9. The molecule has 28 heavy (non-hydrogen) atoms. The number of anilines is 1. The van der Waals surface area contributed by atoms with E-state index in [4.69, 9.17) is 4.78 Å². The van der Waals surface area contributed by atoms with Gasteiger partial charge in [0.1, 0.15) is 23.5 Å². The number of nitrogens with one attached hydrogen (secondary N) is 3. The van der Waals surface area contributed by atoms with Gasteiger partial charge in [-0.1, -0.05) is 6.07 Å². The number of halogens is 3. The largest absolute Gasteiger partial charge is 0.356 e. The summed E-state index contributed by atoms with van der Waals surface area (Å²) in [6.45, 7) is 3.11. The summed E-state index contributed by atoms with van der Waals surface area (Å²) >= 11 is 0. The van der Waals surface area contributed by atoms with Crippen LogP contribution in [0.3, 0.4) is 0 Å². The fourth-order valence-corrected chi connectivity index (χ4v) is 3.66. The van der Waals surface area contributed by atoms with E-state index in [1.807, 2.05) is 0 Å². The lowest BCUT2D eigenvalue weighted by molar-refractivity contribution is 0.506. The molecule has 3 rings (SSSR count). The molecule has 2 heterocycles. The zero-order valence-corrected chi connectivity index (χ0v) is 16.1. The van der Waals surface area contributed by atoms with Gasteiger partial charge in [-0.05, 0) is 43.7 Å². The molecule has 3 aromatic rings. The van der Waals surface area contributed by atoms with Gasteiger partial charge in [0.2, 0.25) is 0 Å². The van der Waals surface area contributed by atoms with Crippen LogP contribution in [0.4, 0.5) is 19.0 Å². The van der Waals surface area contributed by atoms with Gasteiger partial charge in [-0.2, -0.15) is 0 Å². The molecular weight excluding hydrogens is 391 g/mol. The van der Waals surface area contributed by atoms with E-state index in [1.54, 1.807) is 6.92 Å². The van der Waals surface area contributed by atoms with Crippen LogP contribution >= 0.6 is 0 Å². The highest BCUT2D eigenvalue weighted by Crippen LogP contribution is 2.28. The smallest absolute Gasteiger partial charge is 0.159 e. The Kier molecular flexibility index (Phi) is 5.16. The highest BCUT2D eigenvalue weighted by molar-refractivity contribution is 7.91. The summed E-state index contributed by atoms with van der Waals surface area (Å²) in [6.07, 6.45) is 1.24. The van der Waals surface area contributed by atoms with E-state index in [0.29, 0.717) is 11.3 Å². The standard InChI is InChI=1S/C18H18F3N5OS/c1-9-12(19)6-7-15(23-9)25-16(11-4-5-13(20)14(21)8-11)17-24-10(2)18(26-17)28(3,22)27/h4-8,16,22H,1-3H3,(H,23,25)(H,24,26). The van der Waals surface area contributed by atoms with Crippen molar-refractivity contribution in [3.05, 3.63) is 70.6 Å². The lowest BCUT2D eigenvalue weighted by Gasteiger charge is -2.18. The van der Waals surface area contributed by atoms with Crippen LogP contribution in [0, 0.1) is 36.1 Å². The van der Waals surface area contributed by atoms with Crippen LogP contribution in [0.25, 0.3) is 0 Å². The fourth-order valence-electron chi connectivity index (χ4n) is 2.76. The third kappa shape index (κ3) is 4.01. The molecule has 6 nitrogen and oxygen atoms in total. The van der Waals surface area contributed by atoms with Crippen molar-refractivity contribution in [2.45, 2.75) is 24.9 Å². The van der Waals surface area contributed by atoms with Crippen molar-refractivity contribution >= 4 is 15.5 Å². The average molecular weight is 409 g/mol. The number of hydrogen-bond donors (Lipinski definition) is 3. The zero-order valence-electron chi connectivity index (χ0n) is 15.3. The summed E-state index contributed by atoms with van der Waals surface area (Å²) in [5, 5.41) is 3.07. The molecule has 10 heteroatoms. The van der Waals surface area contributed by atoms with Crippen LogP contribution in [0.1, 0.15) is 28.8 Å². The van der Waals surface area contributed by atoms with Crippen LogP contribution in [0.2, 0.25) is 0 Å². The number of rotatable bonds is 5. The van der Waals surface area contributed by atoms with Crippen molar-refractivity contribution in [1.29, 1.82) is 4.78 Å². The van der Waals surface area contributed by atoms with E-state index in [-0.39, 0.29) is 22.4 Å². The number of H-pyrrole nitrogens is 1. The molecule has 3 N–H and O–H groups in total. The van der Waals surface area contributed by atoms with Crippen LogP contribution < -0.4 is 5.32 Å². The Bertz CT molecular complexity index is 1140. The number of benzene rings is 1. The molecule has 0 aliphatic rings. The van der Waals surface area contributed by atoms with Crippen molar-refractivity contribution in [3.8, 4) is 0 Å². The van der Waals surface area contributed by atoms with Crippen molar-refractivity contribution < 1.29 is 17.4 Å². The van der Waals surface area contributed by atoms with Crippen LogP contribution in [-0.4, -0.2) is 25.4 Å². The number of nitrogens with zero attached hydrogens (tertiary/aromatic N) is 2. The SMILES string of the molecule is Cc1nc(NC(c2ccc(F)c(F)c2)c2nc(S(C)(=N)=O)c(C)[nH]2)ccc1F. The summed E-state index contributed by atoms with van der Waals surface area (Å²) in [6, 6.07) is 5.15. The maximum absolute atomic E-state index is 13.8. The summed E-state index contributed by atoms with van der Waals surface area (Å²) in [7, 11) is -3.10. The molecule has 0 saturated carbocycles. The first-order valence-electron chi connectivity index (χ1n) is 8.21. The Morgan fingerprint density at radius 3 is 2.32 bits per heavy atom. The molecular formula is C18H18F3N5OS. The molecule has 0 saturated heterocycles. The molecule has 0 aliphatic heterocycles. The average Bonchev–Trinajstić information content (AvgIpc) is 3.00. The fraction of sp³-hybridized carbons (Fsp3) is 0.222. The predicted molar refractivity (Wildman–Crippen MR) is 99.1 cm³/mol. The molecule has 1 aromatic carbocycles. The van der Waals surface area contributed by atoms with E-state index in [0.717, 1.165) is 12.1 Å². The van der Waals surface area contributed by atoms with Gasteiger partial charge in [-0.25, -0.2) is 32.1 Å². The Balaban J connectivity index is 2.11. The van der Waals surface area contributed by atoms with E-state index < -0.39 is 33.2 Å². The second kappa shape index (κ2) is 7.27. The first-order chi connectivity index (χ1) is 13.1. The molecule has 2 unspecified atom stereocenters.